The summed E-state index contributed by atoms with van der Waals surface area (Å²) in [7, 11) is -3.52. The van der Waals surface area contributed by atoms with Gasteiger partial charge in [0.05, 0.1) is 12.1 Å². The van der Waals surface area contributed by atoms with Gasteiger partial charge in [-0.3, -0.25) is 4.79 Å². The molecule has 2 rings (SSSR count). The van der Waals surface area contributed by atoms with E-state index in [9.17, 15) is 13.2 Å². The highest BCUT2D eigenvalue weighted by Crippen LogP contribution is 2.29. The number of hydrogen-bond acceptors (Lipinski definition) is 5. The van der Waals surface area contributed by atoms with Gasteiger partial charge in [0.1, 0.15) is 5.75 Å². The van der Waals surface area contributed by atoms with E-state index in [2.05, 4.69) is 10.6 Å². The molecule has 1 amide bonds. The number of ether oxygens (including phenoxy) is 1. The van der Waals surface area contributed by atoms with Crippen molar-refractivity contribution >= 4 is 15.7 Å². The molecule has 1 fully saturated rings. The molecule has 0 spiro atoms. The van der Waals surface area contributed by atoms with Gasteiger partial charge >= 0.3 is 0 Å². The number of nitrogens with one attached hydrogen (secondary N) is 2. The molecule has 1 heterocycles. The molecule has 1 saturated heterocycles. The van der Waals surface area contributed by atoms with Crippen molar-refractivity contribution in [3.8, 4) is 5.75 Å². The standard InChI is InChI=1S/C18H28N2O4S/c1-13(2)24-16-7-5-6-15(12-16)14(3)20-17(21)18(25(4,22)23)8-10-19-11-9-18/h5-7,12-14,19H,8-11H2,1-4H3,(H,20,21). The smallest absolute Gasteiger partial charge is 0.242 e. The van der Waals surface area contributed by atoms with Gasteiger partial charge < -0.3 is 15.4 Å². The van der Waals surface area contributed by atoms with Crippen molar-refractivity contribution < 1.29 is 17.9 Å². The molecule has 0 aromatic heterocycles. The molecule has 7 heteroatoms. The maximum atomic E-state index is 12.9. The SMILES string of the molecule is CC(C)Oc1cccc(C(C)NC(=O)C2(S(C)(=O)=O)CCNCC2)c1. The van der Waals surface area contributed by atoms with Gasteiger partial charge in [-0.1, -0.05) is 12.1 Å². The zero-order valence-electron chi connectivity index (χ0n) is 15.3. The fourth-order valence-corrected chi connectivity index (χ4v) is 4.48. The van der Waals surface area contributed by atoms with Gasteiger partial charge in [-0.15, -0.1) is 0 Å². The van der Waals surface area contributed by atoms with Crippen LogP contribution in [0.2, 0.25) is 0 Å². The monoisotopic (exact) mass is 368 g/mol. The molecule has 1 aromatic carbocycles. The van der Waals surface area contributed by atoms with E-state index < -0.39 is 20.5 Å². The molecule has 6 nitrogen and oxygen atoms in total. The summed E-state index contributed by atoms with van der Waals surface area (Å²) >= 11 is 0. The van der Waals surface area contributed by atoms with Gasteiger partial charge in [-0.05, 0) is 64.4 Å². The number of carbonyl (C=O) groups excluding carboxylic acids is 1. The van der Waals surface area contributed by atoms with E-state index in [1.54, 1.807) is 0 Å². The minimum Gasteiger partial charge on any atom is -0.491 e. The van der Waals surface area contributed by atoms with Crippen molar-refractivity contribution in [2.24, 2.45) is 0 Å². The molecule has 0 bridgehead atoms. The van der Waals surface area contributed by atoms with Crippen LogP contribution < -0.4 is 15.4 Å². The highest BCUT2D eigenvalue weighted by molar-refractivity contribution is 7.92. The maximum Gasteiger partial charge on any atom is 0.242 e. The lowest BCUT2D eigenvalue weighted by Gasteiger charge is -2.35. The predicted octanol–water partition coefficient (Wildman–Crippen LogP) is 1.82. The lowest BCUT2D eigenvalue weighted by molar-refractivity contribution is -0.125. The first-order valence-corrected chi connectivity index (χ1v) is 10.5. The van der Waals surface area contributed by atoms with Crippen molar-refractivity contribution in [2.75, 3.05) is 19.3 Å². The van der Waals surface area contributed by atoms with Gasteiger partial charge in [0, 0.05) is 6.26 Å². The van der Waals surface area contributed by atoms with E-state index in [-0.39, 0.29) is 12.1 Å². The highest BCUT2D eigenvalue weighted by Gasteiger charge is 2.48. The Balaban J connectivity index is 2.18. The Morgan fingerprint density at radius 1 is 1.24 bits per heavy atom. The quantitative estimate of drug-likeness (QED) is 0.800. The lowest BCUT2D eigenvalue weighted by atomic mass is 9.95. The molecule has 0 saturated carbocycles. The van der Waals surface area contributed by atoms with E-state index in [1.165, 1.54) is 0 Å². The number of hydrogen-bond donors (Lipinski definition) is 2. The summed E-state index contributed by atoms with van der Waals surface area (Å²) in [4.78, 5) is 12.9. The third-order valence-electron chi connectivity index (χ3n) is 4.61. The highest BCUT2D eigenvalue weighted by atomic mass is 32.2. The number of benzene rings is 1. The molecular formula is C18H28N2O4S. The first kappa shape index (κ1) is 19.7. The summed E-state index contributed by atoms with van der Waals surface area (Å²) in [6.07, 6.45) is 1.80. The third-order valence-corrected chi connectivity index (χ3v) is 6.63. The Labute approximate surface area is 150 Å². The Hall–Kier alpha value is -1.60. The van der Waals surface area contributed by atoms with Crippen LogP contribution in [0.3, 0.4) is 0 Å². The number of rotatable bonds is 6. The number of sulfone groups is 1. The summed E-state index contributed by atoms with van der Waals surface area (Å²) in [5, 5.41) is 6.01. The molecule has 0 radical (unpaired) electrons. The second-order valence-corrected chi connectivity index (χ2v) is 9.28. The van der Waals surface area contributed by atoms with E-state index in [4.69, 9.17) is 4.74 Å². The second kappa shape index (κ2) is 7.74. The van der Waals surface area contributed by atoms with Crippen LogP contribution in [-0.2, 0) is 14.6 Å². The van der Waals surface area contributed by atoms with Crippen LogP contribution in [0, 0.1) is 0 Å². The molecule has 2 N–H and O–H groups in total. The third kappa shape index (κ3) is 4.52. The Morgan fingerprint density at radius 3 is 2.44 bits per heavy atom. The van der Waals surface area contributed by atoms with E-state index in [1.807, 2.05) is 45.0 Å². The second-order valence-electron chi connectivity index (χ2n) is 6.95. The topological polar surface area (TPSA) is 84.5 Å². The zero-order chi connectivity index (χ0) is 18.7. The van der Waals surface area contributed by atoms with Gasteiger partial charge in [0.2, 0.25) is 5.91 Å². The molecular weight excluding hydrogens is 340 g/mol. The fraction of sp³-hybridized carbons (Fsp3) is 0.611. The molecule has 1 aliphatic heterocycles. The maximum absolute atomic E-state index is 12.9. The van der Waals surface area contributed by atoms with Crippen LogP contribution in [0.4, 0.5) is 0 Å². The number of amides is 1. The Kier molecular flexibility index (Phi) is 6.11. The van der Waals surface area contributed by atoms with Crippen molar-refractivity contribution in [1.29, 1.82) is 0 Å². The average Bonchev–Trinajstić information content (AvgIpc) is 2.54. The summed E-state index contributed by atoms with van der Waals surface area (Å²) < 4.78 is 29.0. The Morgan fingerprint density at radius 2 is 1.88 bits per heavy atom. The van der Waals surface area contributed by atoms with Crippen molar-refractivity contribution in [2.45, 2.75) is 50.5 Å². The molecule has 140 valence electrons. The minimum absolute atomic E-state index is 0.0587. The molecule has 1 aliphatic rings. The van der Waals surface area contributed by atoms with Crippen LogP contribution in [-0.4, -0.2) is 44.5 Å². The van der Waals surface area contributed by atoms with Crippen molar-refractivity contribution in [3.63, 3.8) is 0 Å². The first-order chi connectivity index (χ1) is 11.7. The summed E-state index contributed by atoms with van der Waals surface area (Å²) in [6.45, 7) is 6.79. The first-order valence-electron chi connectivity index (χ1n) is 8.63. The van der Waals surface area contributed by atoms with Gasteiger partial charge in [-0.2, -0.15) is 0 Å². The summed E-state index contributed by atoms with van der Waals surface area (Å²) in [6, 6.07) is 7.19. The van der Waals surface area contributed by atoms with Gasteiger partial charge in [-0.25, -0.2) is 8.42 Å². The Bertz CT molecular complexity index is 710. The summed E-state index contributed by atoms with van der Waals surface area (Å²) in [5.41, 5.74) is 0.879. The number of carbonyl (C=O) groups is 1. The minimum atomic E-state index is -3.52. The molecule has 1 atom stereocenters. The predicted molar refractivity (Wildman–Crippen MR) is 98.4 cm³/mol. The average molecular weight is 368 g/mol. The van der Waals surface area contributed by atoms with Crippen molar-refractivity contribution in [1.82, 2.24) is 10.6 Å². The van der Waals surface area contributed by atoms with Crippen LogP contribution in [0.25, 0.3) is 0 Å². The van der Waals surface area contributed by atoms with Crippen molar-refractivity contribution in [3.05, 3.63) is 29.8 Å². The summed E-state index contributed by atoms with van der Waals surface area (Å²) in [5.74, 6) is 0.312. The van der Waals surface area contributed by atoms with Crippen LogP contribution in [0.5, 0.6) is 5.75 Å². The zero-order valence-corrected chi connectivity index (χ0v) is 16.2. The molecule has 25 heavy (non-hydrogen) atoms. The van der Waals surface area contributed by atoms with Crippen LogP contribution in [0.15, 0.2) is 24.3 Å². The van der Waals surface area contributed by atoms with Gasteiger partial charge in [0.25, 0.3) is 0 Å². The molecule has 1 unspecified atom stereocenters. The van der Waals surface area contributed by atoms with E-state index in [0.29, 0.717) is 25.9 Å². The normalized spacial score (nSPS) is 18.6. The fourth-order valence-electron chi connectivity index (χ4n) is 3.14. The van der Waals surface area contributed by atoms with E-state index >= 15 is 0 Å². The lowest BCUT2D eigenvalue weighted by Crippen LogP contribution is -2.57. The van der Waals surface area contributed by atoms with Crippen LogP contribution in [0.1, 0.15) is 45.2 Å². The van der Waals surface area contributed by atoms with Gasteiger partial charge in [0.15, 0.2) is 14.6 Å². The largest absolute Gasteiger partial charge is 0.491 e. The molecule has 1 aromatic rings. The molecule has 0 aliphatic carbocycles. The van der Waals surface area contributed by atoms with E-state index in [0.717, 1.165) is 17.6 Å². The van der Waals surface area contributed by atoms with Crippen LogP contribution >= 0.6 is 0 Å². The number of piperidine rings is 1.